The topological polar surface area (TPSA) is 43.8 Å². The van der Waals surface area contributed by atoms with E-state index in [-0.39, 0.29) is 11.9 Å². The summed E-state index contributed by atoms with van der Waals surface area (Å²) in [7, 11) is 0. The Labute approximate surface area is 118 Å². The summed E-state index contributed by atoms with van der Waals surface area (Å²) in [5.74, 6) is -0.199. The molecule has 0 saturated heterocycles. The van der Waals surface area contributed by atoms with Crippen LogP contribution in [0.2, 0.25) is 0 Å². The first-order chi connectivity index (χ1) is 9.58. The van der Waals surface area contributed by atoms with Crippen molar-refractivity contribution in [2.45, 2.75) is 45.6 Å². The molecule has 0 amide bonds. The monoisotopic (exact) mass is 273 g/mol. The third-order valence-corrected chi connectivity index (χ3v) is 4.09. The van der Waals surface area contributed by atoms with Crippen molar-refractivity contribution in [2.75, 3.05) is 0 Å². The van der Waals surface area contributed by atoms with Crippen molar-refractivity contribution in [1.82, 2.24) is 9.55 Å². The van der Waals surface area contributed by atoms with Crippen LogP contribution in [-0.2, 0) is 12.8 Å². The van der Waals surface area contributed by atoms with Gasteiger partial charge >= 0.3 is 0 Å². The lowest BCUT2D eigenvalue weighted by Gasteiger charge is -2.19. The fraction of sp³-hybridized carbons (Fsp3) is 0.438. The van der Waals surface area contributed by atoms with Crippen molar-refractivity contribution >= 4 is 0 Å². The van der Waals surface area contributed by atoms with Gasteiger partial charge in [-0.05, 0) is 62.8 Å². The Morgan fingerprint density at radius 1 is 1.30 bits per heavy atom. The van der Waals surface area contributed by atoms with E-state index in [2.05, 4.69) is 9.55 Å². The lowest BCUT2D eigenvalue weighted by atomic mass is 9.99. The largest absolute Gasteiger partial charge is 0.324 e. The molecule has 1 aliphatic carbocycles. The highest BCUT2D eigenvalue weighted by molar-refractivity contribution is 5.48. The number of fused-ring (bicyclic) bond motifs is 1. The Morgan fingerprint density at radius 2 is 2.05 bits per heavy atom. The van der Waals surface area contributed by atoms with Gasteiger partial charge in [0, 0.05) is 11.7 Å². The highest BCUT2D eigenvalue weighted by atomic mass is 19.1. The quantitative estimate of drug-likeness (QED) is 0.913. The molecule has 0 spiro atoms. The fourth-order valence-corrected chi connectivity index (χ4v) is 2.93. The first-order valence-corrected chi connectivity index (χ1v) is 7.19. The minimum Gasteiger partial charge on any atom is -0.324 e. The van der Waals surface area contributed by atoms with E-state index in [0.29, 0.717) is 5.56 Å². The van der Waals surface area contributed by atoms with Crippen LogP contribution in [-0.4, -0.2) is 9.55 Å². The summed E-state index contributed by atoms with van der Waals surface area (Å²) in [6.45, 7) is 3.67. The number of hydrogen-bond acceptors (Lipinski definition) is 2. The van der Waals surface area contributed by atoms with Gasteiger partial charge in [-0.15, -0.1) is 0 Å². The van der Waals surface area contributed by atoms with E-state index in [4.69, 9.17) is 5.73 Å². The third-order valence-electron chi connectivity index (χ3n) is 4.09. The maximum absolute atomic E-state index is 13.8. The van der Waals surface area contributed by atoms with Gasteiger partial charge in [0.1, 0.15) is 5.82 Å². The van der Waals surface area contributed by atoms with E-state index < -0.39 is 0 Å². The van der Waals surface area contributed by atoms with E-state index in [1.807, 2.05) is 19.3 Å². The minimum atomic E-state index is -0.207. The first kappa shape index (κ1) is 13.3. The first-order valence-electron chi connectivity index (χ1n) is 7.19. The maximum Gasteiger partial charge on any atom is 0.126 e. The van der Waals surface area contributed by atoms with Crippen LogP contribution < -0.4 is 5.73 Å². The second-order valence-electron chi connectivity index (χ2n) is 5.66. The number of aromatic nitrogens is 2. The second kappa shape index (κ2) is 5.02. The predicted molar refractivity (Wildman–Crippen MR) is 77.5 cm³/mol. The van der Waals surface area contributed by atoms with E-state index >= 15 is 0 Å². The van der Waals surface area contributed by atoms with Gasteiger partial charge in [0.2, 0.25) is 0 Å². The molecular formula is C16H20FN3. The van der Waals surface area contributed by atoms with E-state index in [0.717, 1.165) is 24.1 Å². The molecule has 3 rings (SSSR count). The molecule has 0 aliphatic heterocycles. The van der Waals surface area contributed by atoms with Crippen LogP contribution in [0.4, 0.5) is 4.39 Å². The van der Waals surface area contributed by atoms with Gasteiger partial charge in [0.05, 0.1) is 17.7 Å². The molecule has 2 N–H and O–H groups in total. The summed E-state index contributed by atoms with van der Waals surface area (Å²) in [5.41, 5.74) is 10.9. The molecule has 106 valence electrons. The van der Waals surface area contributed by atoms with Gasteiger partial charge < -0.3 is 10.3 Å². The van der Waals surface area contributed by atoms with Crippen LogP contribution in [0.5, 0.6) is 0 Å². The molecule has 4 heteroatoms. The van der Waals surface area contributed by atoms with Crippen molar-refractivity contribution in [3.05, 3.63) is 46.8 Å². The minimum absolute atomic E-state index is 0.199. The maximum atomic E-state index is 13.8. The average Bonchev–Trinajstić information content (AvgIpc) is 2.85. The third kappa shape index (κ3) is 2.14. The van der Waals surface area contributed by atoms with Gasteiger partial charge in [0.25, 0.3) is 0 Å². The Bertz CT molecular complexity index is 643. The predicted octanol–water partition coefficient (Wildman–Crippen LogP) is 3.22. The van der Waals surface area contributed by atoms with Crippen molar-refractivity contribution in [3.63, 3.8) is 0 Å². The number of hydrogen-bond donors (Lipinski definition) is 1. The normalized spacial score (nSPS) is 16.0. The van der Waals surface area contributed by atoms with Gasteiger partial charge in [0.15, 0.2) is 0 Å². The SMILES string of the molecule is Cc1cc(-n2cnc3c2CCCC3)c([C@H](C)N)cc1F. The molecule has 1 atom stereocenters. The summed E-state index contributed by atoms with van der Waals surface area (Å²) in [4.78, 5) is 4.51. The molecule has 0 fully saturated rings. The molecule has 1 aromatic heterocycles. The van der Waals surface area contributed by atoms with Crippen LogP contribution >= 0.6 is 0 Å². The average molecular weight is 273 g/mol. The van der Waals surface area contributed by atoms with Crippen molar-refractivity contribution in [3.8, 4) is 5.69 Å². The van der Waals surface area contributed by atoms with E-state index in [9.17, 15) is 4.39 Å². The molecule has 1 aromatic carbocycles. The number of nitrogens with two attached hydrogens (primary N) is 1. The molecular weight excluding hydrogens is 253 g/mol. The summed E-state index contributed by atoms with van der Waals surface area (Å²) in [6, 6.07) is 3.23. The summed E-state index contributed by atoms with van der Waals surface area (Å²) in [5, 5.41) is 0. The molecule has 1 heterocycles. The van der Waals surface area contributed by atoms with Gasteiger partial charge in [-0.2, -0.15) is 0 Å². The van der Waals surface area contributed by atoms with Crippen LogP contribution in [0.25, 0.3) is 5.69 Å². The lowest BCUT2D eigenvalue weighted by Crippen LogP contribution is -2.13. The number of halogens is 1. The van der Waals surface area contributed by atoms with Crippen molar-refractivity contribution in [1.29, 1.82) is 0 Å². The van der Waals surface area contributed by atoms with E-state index in [1.165, 1.54) is 24.2 Å². The molecule has 0 radical (unpaired) electrons. The number of aryl methyl sites for hydroxylation is 2. The van der Waals surface area contributed by atoms with Crippen molar-refractivity contribution in [2.24, 2.45) is 5.73 Å². The number of nitrogens with zero attached hydrogens (tertiary/aromatic N) is 2. The zero-order valence-corrected chi connectivity index (χ0v) is 12.0. The smallest absolute Gasteiger partial charge is 0.126 e. The highest BCUT2D eigenvalue weighted by Gasteiger charge is 2.19. The molecule has 0 saturated carbocycles. The van der Waals surface area contributed by atoms with Crippen molar-refractivity contribution < 1.29 is 4.39 Å². The molecule has 2 aromatic rings. The van der Waals surface area contributed by atoms with Gasteiger partial charge in [-0.1, -0.05) is 0 Å². The molecule has 3 nitrogen and oxygen atoms in total. The van der Waals surface area contributed by atoms with Crippen LogP contribution in [0.1, 0.15) is 48.3 Å². The Kier molecular flexibility index (Phi) is 3.34. The Hall–Kier alpha value is -1.68. The Morgan fingerprint density at radius 3 is 2.80 bits per heavy atom. The van der Waals surface area contributed by atoms with E-state index in [1.54, 1.807) is 13.0 Å². The lowest BCUT2D eigenvalue weighted by molar-refractivity contribution is 0.610. The molecule has 0 bridgehead atoms. The van der Waals surface area contributed by atoms with Crippen LogP contribution in [0, 0.1) is 12.7 Å². The zero-order chi connectivity index (χ0) is 14.3. The van der Waals surface area contributed by atoms with Gasteiger partial charge in [-0.25, -0.2) is 9.37 Å². The summed E-state index contributed by atoms with van der Waals surface area (Å²) < 4.78 is 15.9. The zero-order valence-electron chi connectivity index (χ0n) is 12.0. The molecule has 20 heavy (non-hydrogen) atoms. The van der Waals surface area contributed by atoms with Gasteiger partial charge in [-0.3, -0.25) is 0 Å². The highest BCUT2D eigenvalue weighted by Crippen LogP contribution is 2.28. The number of rotatable bonds is 2. The fourth-order valence-electron chi connectivity index (χ4n) is 2.93. The van der Waals surface area contributed by atoms with Crippen LogP contribution in [0.15, 0.2) is 18.5 Å². The number of benzene rings is 1. The molecule has 0 unspecified atom stereocenters. The summed E-state index contributed by atoms with van der Waals surface area (Å²) in [6.07, 6.45) is 6.31. The standard InChI is InChI=1S/C16H20FN3/c1-10-7-16(12(11(2)18)8-13(10)17)20-9-19-14-5-3-4-6-15(14)20/h7-9,11H,3-6,18H2,1-2H3/t11-/m0/s1. The number of imidazole rings is 1. The summed E-state index contributed by atoms with van der Waals surface area (Å²) >= 11 is 0. The van der Waals surface area contributed by atoms with Crippen LogP contribution in [0.3, 0.4) is 0 Å². The second-order valence-corrected chi connectivity index (χ2v) is 5.66. The molecule has 1 aliphatic rings. The Balaban J connectivity index is 2.19.